The fraction of sp³-hybridized carbons (Fsp3) is 0.933. The predicted octanol–water partition coefficient (Wildman–Crippen LogP) is 1.96. The first-order valence-electron chi connectivity index (χ1n) is 7.87. The second-order valence-corrected chi connectivity index (χ2v) is 5.93. The highest BCUT2D eigenvalue weighted by Gasteiger charge is 2.21. The Labute approximate surface area is 145 Å². The van der Waals surface area contributed by atoms with Crippen LogP contribution >= 0.6 is 24.0 Å². The van der Waals surface area contributed by atoms with E-state index in [4.69, 9.17) is 9.47 Å². The fourth-order valence-electron chi connectivity index (χ4n) is 2.00. The predicted molar refractivity (Wildman–Crippen MR) is 96.5 cm³/mol. The van der Waals surface area contributed by atoms with Gasteiger partial charge in [-0.15, -0.1) is 24.0 Å². The van der Waals surface area contributed by atoms with Gasteiger partial charge in [0.2, 0.25) is 0 Å². The molecule has 1 N–H and O–H groups in total. The van der Waals surface area contributed by atoms with E-state index in [1.54, 1.807) is 0 Å². The number of aliphatic imine (C=N–C) groups is 1. The Morgan fingerprint density at radius 3 is 2.19 bits per heavy atom. The summed E-state index contributed by atoms with van der Waals surface area (Å²) in [5, 5.41) is 3.32. The van der Waals surface area contributed by atoms with E-state index in [1.807, 2.05) is 14.1 Å². The Morgan fingerprint density at radius 1 is 1.10 bits per heavy atom. The van der Waals surface area contributed by atoms with Crippen molar-refractivity contribution in [2.75, 3.05) is 53.6 Å². The lowest BCUT2D eigenvalue weighted by Crippen LogP contribution is -2.41. The van der Waals surface area contributed by atoms with Gasteiger partial charge in [0, 0.05) is 40.4 Å². The highest BCUT2D eigenvalue weighted by molar-refractivity contribution is 14.0. The van der Waals surface area contributed by atoms with Gasteiger partial charge < -0.3 is 19.7 Å². The van der Waals surface area contributed by atoms with Crippen molar-refractivity contribution in [1.82, 2.24) is 10.2 Å². The second kappa shape index (κ2) is 10.6. The van der Waals surface area contributed by atoms with Gasteiger partial charge in [-0.2, -0.15) is 0 Å². The Hall–Kier alpha value is -0.0800. The highest BCUT2D eigenvalue weighted by atomic mass is 127. The van der Waals surface area contributed by atoms with Crippen LogP contribution in [0.1, 0.15) is 25.7 Å². The third-order valence-corrected chi connectivity index (χ3v) is 3.77. The number of halogens is 1. The van der Waals surface area contributed by atoms with Crippen molar-refractivity contribution in [3.8, 4) is 0 Å². The lowest BCUT2D eigenvalue weighted by molar-refractivity contribution is 0.114. The van der Waals surface area contributed by atoms with Gasteiger partial charge in [0.1, 0.15) is 0 Å². The van der Waals surface area contributed by atoms with Crippen LogP contribution < -0.4 is 5.32 Å². The van der Waals surface area contributed by atoms with Gasteiger partial charge in [0.15, 0.2) is 5.96 Å². The number of likely N-dealkylation sites (N-methyl/N-ethyl adjacent to an activating group) is 1. The van der Waals surface area contributed by atoms with Crippen molar-refractivity contribution >= 4 is 29.9 Å². The minimum absolute atomic E-state index is 0. The summed E-state index contributed by atoms with van der Waals surface area (Å²) < 4.78 is 11.3. The zero-order valence-electron chi connectivity index (χ0n) is 13.3. The first-order valence-corrected chi connectivity index (χ1v) is 7.87. The largest absolute Gasteiger partial charge is 0.379 e. The zero-order chi connectivity index (χ0) is 14.2. The molecule has 0 bridgehead atoms. The van der Waals surface area contributed by atoms with Crippen LogP contribution in [0.15, 0.2) is 4.99 Å². The topological polar surface area (TPSA) is 46.1 Å². The van der Waals surface area contributed by atoms with Gasteiger partial charge in [0.25, 0.3) is 0 Å². The summed E-state index contributed by atoms with van der Waals surface area (Å²) in [7, 11) is 3.86. The molecule has 2 rings (SSSR count). The summed E-state index contributed by atoms with van der Waals surface area (Å²) in [6.45, 7) is 5.05. The highest BCUT2D eigenvalue weighted by Crippen LogP contribution is 2.29. The molecule has 0 amide bonds. The van der Waals surface area contributed by atoms with Crippen molar-refractivity contribution in [2.24, 2.45) is 16.8 Å². The van der Waals surface area contributed by atoms with E-state index < -0.39 is 0 Å². The van der Waals surface area contributed by atoms with Crippen molar-refractivity contribution in [2.45, 2.75) is 25.7 Å². The maximum atomic E-state index is 5.65. The van der Waals surface area contributed by atoms with Crippen molar-refractivity contribution in [1.29, 1.82) is 0 Å². The molecule has 0 saturated heterocycles. The Kier molecular flexibility index (Phi) is 9.59. The number of nitrogens with one attached hydrogen (secondary N) is 1. The molecule has 0 aromatic rings. The molecule has 21 heavy (non-hydrogen) atoms. The van der Waals surface area contributed by atoms with Gasteiger partial charge in [-0.05, 0) is 37.5 Å². The first kappa shape index (κ1) is 19.0. The van der Waals surface area contributed by atoms with Crippen LogP contribution in [0, 0.1) is 11.8 Å². The van der Waals surface area contributed by atoms with Crippen LogP contribution in [0.2, 0.25) is 0 Å². The number of rotatable bonds is 10. The smallest absolute Gasteiger partial charge is 0.193 e. The van der Waals surface area contributed by atoms with E-state index in [9.17, 15) is 0 Å². The van der Waals surface area contributed by atoms with Crippen LogP contribution in [-0.4, -0.2) is 64.5 Å². The molecule has 0 heterocycles. The molecule has 124 valence electrons. The molecule has 0 radical (unpaired) electrons. The molecular weight excluding hydrogens is 381 g/mol. The Bertz CT molecular complexity index is 307. The molecule has 0 atom stereocenters. The maximum Gasteiger partial charge on any atom is 0.193 e. The summed E-state index contributed by atoms with van der Waals surface area (Å²) >= 11 is 0. The average molecular weight is 411 g/mol. The number of guanidine groups is 1. The molecule has 0 aliphatic heterocycles. The van der Waals surface area contributed by atoms with E-state index in [-0.39, 0.29) is 24.0 Å². The zero-order valence-corrected chi connectivity index (χ0v) is 15.7. The molecule has 2 aliphatic carbocycles. The number of nitrogens with zero attached hydrogens (tertiary/aromatic N) is 2. The quantitative estimate of drug-likeness (QED) is 0.259. The number of ether oxygens (including phenoxy) is 2. The molecule has 6 heteroatoms. The number of hydrogen-bond acceptors (Lipinski definition) is 3. The van der Waals surface area contributed by atoms with Crippen LogP contribution in [0.4, 0.5) is 0 Å². The summed E-state index contributed by atoms with van der Waals surface area (Å²) in [5.41, 5.74) is 0. The monoisotopic (exact) mass is 411 g/mol. The van der Waals surface area contributed by atoms with Crippen molar-refractivity contribution < 1.29 is 9.47 Å². The fourth-order valence-corrected chi connectivity index (χ4v) is 2.00. The van der Waals surface area contributed by atoms with E-state index >= 15 is 0 Å². The summed E-state index contributed by atoms with van der Waals surface area (Å²) in [6.07, 6.45) is 5.39. The molecule has 0 spiro atoms. The maximum absolute atomic E-state index is 5.65. The second-order valence-electron chi connectivity index (χ2n) is 5.93. The van der Waals surface area contributed by atoms with Crippen molar-refractivity contribution in [3.63, 3.8) is 0 Å². The summed E-state index contributed by atoms with van der Waals surface area (Å²) in [5.74, 6) is 2.58. The minimum atomic E-state index is 0. The Balaban J connectivity index is 0.00000220. The molecule has 0 aromatic heterocycles. The SMILES string of the molecule is CN=C(NCCOCC1CC1)N(C)CCOCC1CC1.I. The minimum Gasteiger partial charge on any atom is -0.379 e. The van der Waals surface area contributed by atoms with Gasteiger partial charge >= 0.3 is 0 Å². The van der Waals surface area contributed by atoms with E-state index in [0.717, 1.165) is 57.3 Å². The molecule has 5 nitrogen and oxygen atoms in total. The van der Waals surface area contributed by atoms with Crippen LogP contribution in [0.5, 0.6) is 0 Å². The molecule has 2 fully saturated rings. The van der Waals surface area contributed by atoms with Crippen molar-refractivity contribution in [3.05, 3.63) is 0 Å². The lowest BCUT2D eigenvalue weighted by Gasteiger charge is -2.22. The van der Waals surface area contributed by atoms with Crippen LogP contribution in [0.3, 0.4) is 0 Å². The summed E-state index contributed by atoms with van der Waals surface area (Å²) in [6, 6.07) is 0. The standard InChI is InChI=1S/C15H29N3O2.HI/c1-16-15(17-7-9-19-11-13-3-4-13)18(2)8-10-20-12-14-5-6-14;/h13-14H,3-12H2,1-2H3,(H,16,17);1H. The van der Waals surface area contributed by atoms with Crippen LogP contribution in [-0.2, 0) is 9.47 Å². The van der Waals surface area contributed by atoms with Gasteiger partial charge in [-0.25, -0.2) is 0 Å². The number of hydrogen-bond donors (Lipinski definition) is 1. The molecule has 2 aliphatic rings. The summed E-state index contributed by atoms with van der Waals surface area (Å²) in [4.78, 5) is 6.38. The van der Waals surface area contributed by atoms with Gasteiger partial charge in [0.05, 0.1) is 13.2 Å². The van der Waals surface area contributed by atoms with E-state index in [0.29, 0.717) is 0 Å². The molecule has 0 unspecified atom stereocenters. The van der Waals surface area contributed by atoms with Gasteiger partial charge in [-0.3, -0.25) is 4.99 Å². The Morgan fingerprint density at radius 2 is 1.67 bits per heavy atom. The first-order chi connectivity index (χ1) is 9.79. The average Bonchev–Trinajstić information content (AvgIpc) is 3.33. The normalized spacial score (nSPS) is 18.3. The third-order valence-electron chi connectivity index (χ3n) is 3.77. The van der Waals surface area contributed by atoms with Gasteiger partial charge in [-0.1, -0.05) is 0 Å². The lowest BCUT2D eigenvalue weighted by atomic mass is 10.5. The molecule has 2 saturated carbocycles. The van der Waals surface area contributed by atoms with E-state index in [2.05, 4.69) is 15.2 Å². The van der Waals surface area contributed by atoms with Crippen LogP contribution in [0.25, 0.3) is 0 Å². The van der Waals surface area contributed by atoms with E-state index in [1.165, 1.54) is 25.7 Å². The molecular formula is C15H30IN3O2. The molecule has 0 aromatic carbocycles. The third kappa shape index (κ3) is 8.83.